The molecule has 0 aromatic heterocycles. The summed E-state index contributed by atoms with van der Waals surface area (Å²) in [6, 6.07) is 21.4. The quantitative estimate of drug-likeness (QED) is 0.358. The number of aryl methyl sites for hydroxylation is 3. The first-order valence-corrected chi connectivity index (χ1v) is 11.0. The van der Waals surface area contributed by atoms with Crippen molar-refractivity contribution in [1.82, 2.24) is 0 Å². The summed E-state index contributed by atoms with van der Waals surface area (Å²) in [7, 11) is 0. The van der Waals surface area contributed by atoms with Gasteiger partial charge in [-0.1, -0.05) is 53.7 Å². The first kappa shape index (κ1) is 21.6. The lowest BCUT2D eigenvalue weighted by molar-refractivity contribution is 0.0695. The maximum absolute atomic E-state index is 11.5. The maximum atomic E-state index is 11.5. The maximum Gasteiger partial charge on any atom is 0.335 e. The van der Waals surface area contributed by atoms with E-state index in [1.165, 1.54) is 0 Å². The van der Waals surface area contributed by atoms with Crippen molar-refractivity contribution < 1.29 is 19.8 Å². The number of ether oxygens (including phenoxy) is 1. The molecule has 4 rings (SSSR count). The SMILES string of the molecule is O=C(O)c1ccccc1CCCc1cc2c(cc1OCc1ccccc1)CCCC2=NO. The summed E-state index contributed by atoms with van der Waals surface area (Å²) in [5.41, 5.74) is 6.20. The fourth-order valence-corrected chi connectivity index (χ4v) is 4.31. The zero-order valence-corrected chi connectivity index (χ0v) is 18.0. The molecule has 32 heavy (non-hydrogen) atoms. The van der Waals surface area contributed by atoms with Gasteiger partial charge in [-0.2, -0.15) is 0 Å². The van der Waals surface area contributed by atoms with E-state index >= 15 is 0 Å². The number of carbonyl (C=O) groups is 1. The molecule has 0 unspecified atom stereocenters. The van der Waals surface area contributed by atoms with Crippen LogP contribution in [0.1, 0.15) is 57.4 Å². The fourth-order valence-electron chi connectivity index (χ4n) is 4.31. The smallest absolute Gasteiger partial charge is 0.335 e. The van der Waals surface area contributed by atoms with E-state index in [1.807, 2.05) is 42.5 Å². The second kappa shape index (κ2) is 10.1. The van der Waals surface area contributed by atoms with Gasteiger partial charge in [-0.15, -0.1) is 0 Å². The van der Waals surface area contributed by atoms with Crippen LogP contribution in [-0.2, 0) is 25.9 Å². The van der Waals surface area contributed by atoms with Crippen LogP contribution in [0.3, 0.4) is 0 Å². The van der Waals surface area contributed by atoms with Crippen molar-refractivity contribution >= 4 is 11.7 Å². The largest absolute Gasteiger partial charge is 0.489 e. The monoisotopic (exact) mass is 429 g/mol. The average Bonchev–Trinajstić information content (AvgIpc) is 2.83. The van der Waals surface area contributed by atoms with E-state index in [-0.39, 0.29) is 0 Å². The number of hydrogen-bond acceptors (Lipinski definition) is 4. The van der Waals surface area contributed by atoms with Crippen molar-refractivity contribution in [3.05, 3.63) is 100 Å². The lowest BCUT2D eigenvalue weighted by Crippen LogP contribution is -2.14. The number of benzene rings is 3. The highest BCUT2D eigenvalue weighted by molar-refractivity contribution is 6.02. The first-order valence-electron chi connectivity index (χ1n) is 11.0. The van der Waals surface area contributed by atoms with Crippen molar-refractivity contribution in [3.8, 4) is 5.75 Å². The molecule has 5 heteroatoms. The first-order chi connectivity index (χ1) is 15.7. The predicted octanol–water partition coefficient (Wildman–Crippen LogP) is 5.65. The summed E-state index contributed by atoms with van der Waals surface area (Å²) in [6.07, 6.45) is 4.84. The Morgan fingerprint density at radius 3 is 2.47 bits per heavy atom. The number of hydrogen-bond donors (Lipinski definition) is 2. The number of oxime groups is 1. The van der Waals surface area contributed by atoms with E-state index in [1.54, 1.807) is 12.1 Å². The highest BCUT2D eigenvalue weighted by Crippen LogP contribution is 2.31. The number of carboxylic acid groups (broad SMARTS) is 1. The van der Waals surface area contributed by atoms with Crippen LogP contribution in [0.15, 0.2) is 71.9 Å². The summed E-state index contributed by atoms with van der Waals surface area (Å²) in [4.78, 5) is 11.5. The van der Waals surface area contributed by atoms with Crippen LogP contribution in [0, 0.1) is 0 Å². The molecule has 0 spiro atoms. The van der Waals surface area contributed by atoms with E-state index in [4.69, 9.17) is 4.74 Å². The second-order valence-electron chi connectivity index (χ2n) is 8.11. The Balaban J connectivity index is 1.56. The molecule has 3 aromatic rings. The van der Waals surface area contributed by atoms with Crippen molar-refractivity contribution in [2.45, 2.75) is 45.1 Å². The molecular formula is C27H27NO4. The zero-order valence-electron chi connectivity index (χ0n) is 18.0. The lowest BCUT2D eigenvalue weighted by atomic mass is 9.87. The summed E-state index contributed by atoms with van der Waals surface area (Å²) >= 11 is 0. The number of nitrogens with zero attached hydrogens (tertiary/aromatic N) is 1. The molecule has 0 aliphatic heterocycles. The Bertz CT molecular complexity index is 1120. The molecule has 164 valence electrons. The standard InChI is InChI=1S/C27H27NO4/c29-27(30)23-14-5-4-10-20(23)11-6-13-22-16-24-21(12-7-15-25(24)28-31)17-26(22)32-18-19-8-2-1-3-9-19/h1-5,8-10,14,16-17,31H,6-7,11-13,15,18H2,(H,29,30). The van der Waals surface area contributed by atoms with Gasteiger partial charge in [0.2, 0.25) is 0 Å². The lowest BCUT2D eigenvalue weighted by Gasteiger charge is -2.21. The summed E-state index contributed by atoms with van der Waals surface area (Å²) < 4.78 is 6.23. The van der Waals surface area contributed by atoms with Crippen LogP contribution in [0.5, 0.6) is 5.75 Å². The molecule has 0 fully saturated rings. The Labute approximate surface area is 188 Å². The van der Waals surface area contributed by atoms with Gasteiger partial charge in [0.15, 0.2) is 0 Å². The van der Waals surface area contributed by atoms with Gasteiger partial charge in [-0.25, -0.2) is 4.79 Å². The molecule has 0 saturated heterocycles. The molecular weight excluding hydrogens is 402 g/mol. The highest BCUT2D eigenvalue weighted by atomic mass is 16.5. The Hall–Kier alpha value is -3.60. The van der Waals surface area contributed by atoms with E-state index < -0.39 is 5.97 Å². The molecule has 0 saturated carbocycles. The number of carboxylic acids is 1. The summed E-state index contributed by atoms with van der Waals surface area (Å²) in [6.45, 7) is 0.482. The molecule has 0 atom stereocenters. The molecule has 0 heterocycles. The topological polar surface area (TPSA) is 79.1 Å². The van der Waals surface area contributed by atoms with Gasteiger partial charge < -0.3 is 15.1 Å². The van der Waals surface area contributed by atoms with Crippen LogP contribution in [0.4, 0.5) is 0 Å². The molecule has 1 aliphatic rings. The van der Waals surface area contributed by atoms with E-state index in [0.29, 0.717) is 18.6 Å². The van der Waals surface area contributed by atoms with Gasteiger partial charge in [-0.3, -0.25) is 0 Å². The molecule has 0 bridgehead atoms. The normalized spacial score (nSPS) is 14.2. The fraction of sp³-hybridized carbons (Fsp3) is 0.259. The van der Waals surface area contributed by atoms with Crippen LogP contribution in [0.25, 0.3) is 0 Å². The van der Waals surface area contributed by atoms with E-state index in [2.05, 4.69) is 17.3 Å². The third-order valence-electron chi connectivity index (χ3n) is 5.95. The summed E-state index contributed by atoms with van der Waals surface area (Å²) in [5.74, 6) is -0.0524. The number of aromatic carboxylic acids is 1. The molecule has 2 N–H and O–H groups in total. The number of rotatable bonds is 8. The minimum atomic E-state index is -0.898. The summed E-state index contributed by atoms with van der Waals surface area (Å²) in [5, 5.41) is 22.4. The minimum absolute atomic E-state index is 0.355. The third-order valence-corrected chi connectivity index (χ3v) is 5.95. The van der Waals surface area contributed by atoms with Crippen LogP contribution < -0.4 is 4.74 Å². The number of fused-ring (bicyclic) bond motifs is 1. The molecule has 3 aromatic carbocycles. The Morgan fingerprint density at radius 2 is 1.69 bits per heavy atom. The highest BCUT2D eigenvalue weighted by Gasteiger charge is 2.20. The van der Waals surface area contributed by atoms with E-state index in [0.717, 1.165) is 71.4 Å². The second-order valence-corrected chi connectivity index (χ2v) is 8.11. The van der Waals surface area contributed by atoms with Crippen LogP contribution >= 0.6 is 0 Å². The Morgan fingerprint density at radius 1 is 0.938 bits per heavy atom. The van der Waals surface area contributed by atoms with Crippen molar-refractivity contribution in [2.24, 2.45) is 5.16 Å². The molecule has 0 radical (unpaired) electrons. The molecule has 5 nitrogen and oxygen atoms in total. The van der Waals surface area contributed by atoms with Crippen molar-refractivity contribution in [1.29, 1.82) is 0 Å². The third kappa shape index (κ3) is 4.99. The zero-order chi connectivity index (χ0) is 22.3. The Kier molecular flexibility index (Phi) is 6.85. The van der Waals surface area contributed by atoms with Gasteiger partial charge >= 0.3 is 5.97 Å². The van der Waals surface area contributed by atoms with Crippen LogP contribution in [0.2, 0.25) is 0 Å². The van der Waals surface area contributed by atoms with Gasteiger partial charge in [0.1, 0.15) is 12.4 Å². The van der Waals surface area contributed by atoms with Gasteiger partial charge in [0, 0.05) is 5.56 Å². The van der Waals surface area contributed by atoms with Crippen molar-refractivity contribution in [3.63, 3.8) is 0 Å². The van der Waals surface area contributed by atoms with Crippen molar-refractivity contribution in [2.75, 3.05) is 0 Å². The average molecular weight is 430 g/mol. The van der Waals surface area contributed by atoms with E-state index in [9.17, 15) is 15.1 Å². The van der Waals surface area contributed by atoms with Crippen LogP contribution in [-0.4, -0.2) is 22.0 Å². The van der Waals surface area contributed by atoms with Gasteiger partial charge in [-0.05, 0) is 79.0 Å². The van der Waals surface area contributed by atoms with Gasteiger partial charge in [0.25, 0.3) is 0 Å². The van der Waals surface area contributed by atoms with Gasteiger partial charge in [0.05, 0.1) is 11.3 Å². The predicted molar refractivity (Wildman–Crippen MR) is 124 cm³/mol. The molecule has 0 amide bonds. The molecule has 1 aliphatic carbocycles. The minimum Gasteiger partial charge on any atom is -0.489 e.